The van der Waals surface area contributed by atoms with Gasteiger partial charge in [0.1, 0.15) is 0 Å². The highest BCUT2D eigenvalue weighted by Gasteiger charge is 2.02. The molecule has 0 rings (SSSR count). The smallest absolute Gasteiger partial charge is 0.305 e. The predicted octanol–water partition coefficient (Wildman–Crippen LogP) is 2.65. The van der Waals surface area contributed by atoms with Crippen LogP contribution in [0.4, 0.5) is 0 Å². The summed E-state index contributed by atoms with van der Waals surface area (Å²) in [4.78, 5) is 21.5. The minimum atomic E-state index is -0.772. The van der Waals surface area contributed by atoms with E-state index in [0.29, 0.717) is 25.9 Å². The molecule has 1 N–H and O–H groups in total. The van der Waals surface area contributed by atoms with Crippen molar-refractivity contribution in [1.29, 1.82) is 5.26 Å². The number of hydrogen-bond donors (Lipinski definition) is 1. The van der Waals surface area contributed by atoms with Crippen molar-refractivity contribution in [2.24, 2.45) is 0 Å². The second-order valence-electron chi connectivity index (χ2n) is 4.14. The maximum atomic E-state index is 11.2. The van der Waals surface area contributed by atoms with Crippen LogP contribution in [0, 0.1) is 11.3 Å². The van der Waals surface area contributed by atoms with Crippen LogP contribution in [0.15, 0.2) is 0 Å². The summed E-state index contributed by atoms with van der Waals surface area (Å²) >= 11 is 0. The van der Waals surface area contributed by atoms with Crippen molar-refractivity contribution in [3.8, 4) is 6.07 Å². The Morgan fingerprint density at radius 3 is 2.28 bits per heavy atom. The molecule has 0 aliphatic heterocycles. The Bertz CT molecular complexity index is 283. The van der Waals surface area contributed by atoms with E-state index in [9.17, 15) is 9.59 Å². The van der Waals surface area contributed by atoms with Crippen molar-refractivity contribution in [3.05, 3.63) is 0 Å². The van der Waals surface area contributed by atoms with E-state index in [4.69, 9.17) is 15.1 Å². The number of esters is 1. The molecule has 0 unspecified atom stereocenters. The molecule has 0 aromatic carbocycles. The van der Waals surface area contributed by atoms with Gasteiger partial charge >= 0.3 is 11.9 Å². The van der Waals surface area contributed by atoms with E-state index >= 15 is 0 Å². The van der Waals surface area contributed by atoms with Crippen LogP contribution in [0.25, 0.3) is 0 Å². The average Bonchev–Trinajstić information content (AvgIpc) is 2.33. The summed E-state index contributed by atoms with van der Waals surface area (Å²) in [5.41, 5.74) is 0. The van der Waals surface area contributed by atoms with Crippen molar-refractivity contribution in [1.82, 2.24) is 0 Å². The molecule has 5 heteroatoms. The molecule has 0 radical (unpaired) electrons. The van der Waals surface area contributed by atoms with Crippen LogP contribution in [0.1, 0.15) is 57.8 Å². The molecule has 0 aliphatic rings. The van der Waals surface area contributed by atoms with Gasteiger partial charge in [-0.1, -0.05) is 12.8 Å². The van der Waals surface area contributed by atoms with Gasteiger partial charge < -0.3 is 9.84 Å². The van der Waals surface area contributed by atoms with Gasteiger partial charge in [-0.05, 0) is 25.7 Å². The van der Waals surface area contributed by atoms with Gasteiger partial charge in [-0.3, -0.25) is 9.59 Å². The number of hydrogen-bond acceptors (Lipinski definition) is 4. The molecule has 102 valence electrons. The van der Waals surface area contributed by atoms with Gasteiger partial charge in [-0.25, -0.2) is 0 Å². The molecule has 0 aromatic rings. The summed E-state index contributed by atoms with van der Waals surface area (Å²) in [5, 5.41) is 16.7. The molecule has 0 spiro atoms. The molecule has 0 amide bonds. The van der Waals surface area contributed by atoms with Crippen LogP contribution in [0.3, 0.4) is 0 Å². The van der Waals surface area contributed by atoms with Gasteiger partial charge in [0, 0.05) is 19.3 Å². The van der Waals surface area contributed by atoms with E-state index in [1.165, 1.54) is 0 Å². The van der Waals surface area contributed by atoms with Crippen molar-refractivity contribution >= 4 is 11.9 Å². The minimum Gasteiger partial charge on any atom is -0.481 e. The van der Waals surface area contributed by atoms with Crippen LogP contribution in [0.2, 0.25) is 0 Å². The van der Waals surface area contributed by atoms with E-state index in [-0.39, 0.29) is 12.4 Å². The van der Waals surface area contributed by atoms with E-state index in [2.05, 4.69) is 0 Å². The van der Waals surface area contributed by atoms with Gasteiger partial charge in [0.05, 0.1) is 12.7 Å². The van der Waals surface area contributed by atoms with E-state index in [1.807, 2.05) is 6.07 Å². The third kappa shape index (κ3) is 12.5. The van der Waals surface area contributed by atoms with Crippen LogP contribution in [-0.4, -0.2) is 23.7 Å². The van der Waals surface area contributed by atoms with Crippen molar-refractivity contribution in [2.75, 3.05) is 6.61 Å². The first-order chi connectivity index (χ1) is 8.66. The minimum absolute atomic E-state index is 0.198. The van der Waals surface area contributed by atoms with Gasteiger partial charge in [-0.2, -0.15) is 5.26 Å². The lowest BCUT2D eigenvalue weighted by Gasteiger charge is -2.03. The Hall–Kier alpha value is -1.57. The first kappa shape index (κ1) is 16.4. The number of carboxylic acid groups (broad SMARTS) is 1. The molecule has 0 saturated heterocycles. The lowest BCUT2D eigenvalue weighted by atomic mass is 10.1. The fourth-order valence-electron chi connectivity index (χ4n) is 1.46. The first-order valence-corrected chi connectivity index (χ1v) is 6.41. The third-order valence-electron chi connectivity index (χ3n) is 2.47. The number of carbonyl (C=O) groups excluding carboxylic acids is 1. The monoisotopic (exact) mass is 255 g/mol. The molecule has 0 bridgehead atoms. The van der Waals surface area contributed by atoms with Crippen LogP contribution < -0.4 is 0 Å². The second-order valence-corrected chi connectivity index (χ2v) is 4.14. The molecular weight excluding hydrogens is 234 g/mol. The Balaban J connectivity index is 3.22. The Morgan fingerprint density at radius 2 is 1.67 bits per heavy atom. The molecule has 0 saturated carbocycles. The van der Waals surface area contributed by atoms with Gasteiger partial charge in [-0.15, -0.1) is 0 Å². The fourth-order valence-corrected chi connectivity index (χ4v) is 1.46. The summed E-state index contributed by atoms with van der Waals surface area (Å²) in [6.07, 6.45) is 5.69. The number of carboxylic acids is 1. The standard InChI is InChI=1S/C13H21NO4/c14-10-6-3-7-11-18-13(17)9-5-2-1-4-8-12(15)16/h1-9,11H2,(H,15,16). The zero-order chi connectivity index (χ0) is 13.6. The number of unbranched alkanes of at least 4 members (excludes halogenated alkanes) is 5. The number of nitrogens with zero attached hydrogens (tertiary/aromatic N) is 1. The highest BCUT2D eigenvalue weighted by Crippen LogP contribution is 2.06. The second kappa shape index (κ2) is 11.9. The zero-order valence-electron chi connectivity index (χ0n) is 10.7. The highest BCUT2D eigenvalue weighted by molar-refractivity contribution is 5.69. The summed E-state index contributed by atoms with van der Waals surface area (Å²) in [5.74, 6) is -0.975. The molecule has 0 fully saturated rings. The lowest BCUT2D eigenvalue weighted by molar-refractivity contribution is -0.144. The Kier molecular flexibility index (Phi) is 10.9. The Labute approximate surface area is 108 Å². The van der Waals surface area contributed by atoms with Crippen molar-refractivity contribution in [3.63, 3.8) is 0 Å². The van der Waals surface area contributed by atoms with Gasteiger partial charge in [0.15, 0.2) is 0 Å². The summed E-state index contributed by atoms with van der Waals surface area (Å²) < 4.78 is 4.99. The number of rotatable bonds is 11. The van der Waals surface area contributed by atoms with E-state index < -0.39 is 5.97 Å². The maximum Gasteiger partial charge on any atom is 0.305 e. The largest absolute Gasteiger partial charge is 0.481 e. The van der Waals surface area contributed by atoms with Gasteiger partial charge in [0.2, 0.25) is 0 Å². The number of carbonyl (C=O) groups is 2. The van der Waals surface area contributed by atoms with Crippen molar-refractivity contribution in [2.45, 2.75) is 57.8 Å². The average molecular weight is 255 g/mol. The zero-order valence-corrected chi connectivity index (χ0v) is 10.7. The summed E-state index contributed by atoms with van der Waals surface area (Å²) in [6.45, 7) is 0.388. The molecule has 18 heavy (non-hydrogen) atoms. The van der Waals surface area contributed by atoms with E-state index in [0.717, 1.165) is 32.1 Å². The molecule has 0 atom stereocenters. The van der Waals surface area contributed by atoms with Gasteiger partial charge in [0.25, 0.3) is 0 Å². The molecule has 0 heterocycles. The van der Waals surface area contributed by atoms with Crippen LogP contribution in [0.5, 0.6) is 0 Å². The highest BCUT2D eigenvalue weighted by atomic mass is 16.5. The quantitative estimate of drug-likeness (QED) is 0.453. The Morgan fingerprint density at radius 1 is 1.00 bits per heavy atom. The summed E-state index contributed by atoms with van der Waals surface area (Å²) in [6, 6.07) is 2.04. The molecule has 0 aliphatic carbocycles. The molecular formula is C13H21NO4. The topological polar surface area (TPSA) is 87.4 Å². The fraction of sp³-hybridized carbons (Fsp3) is 0.769. The van der Waals surface area contributed by atoms with Crippen LogP contribution in [-0.2, 0) is 14.3 Å². The van der Waals surface area contributed by atoms with Crippen LogP contribution >= 0.6 is 0 Å². The normalized spacial score (nSPS) is 9.72. The number of ether oxygens (including phenoxy) is 1. The number of aliphatic carboxylic acids is 1. The first-order valence-electron chi connectivity index (χ1n) is 6.41. The lowest BCUT2D eigenvalue weighted by Crippen LogP contribution is -2.05. The van der Waals surface area contributed by atoms with E-state index in [1.54, 1.807) is 0 Å². The summed E-state index contributed by atoms with van der Waals surface area (Å²) in [7, 11) is 0. The third-order valence-corrected chi connectivity index (χ3v) is 2.47. The molecule has 0 aromatic heterocycles. The SMILES string of the molecule is N#CCCCCOC(=O)CCCCCCC(=O)O. The maximum absolute atomic E-state index is 11.2. The molecule has 5 nitrogen and oxygen atoms in total. The van der Waals surface area contributed by atoms with Crippen molar-refractivity contribution < 1.29 is 19.4 Å². The predicted molar refractivity (Wildman–Crippen MR) is 65.8 cm³/mol. The number of nitriles is 1.